The second kappa shape index (κ2) is 8.49. The average molecular weight is 383 g/mol. The lowest BCUT2D eigenvalue weighted by atomic mass is 10.1. The van der Waals surface area contributed by atoms with Crippen molar-refractivity contribution in [1.29, 1.82) is 0 Å². The van der Waals surface area contributed by atoms with Crippen LogP contribution in [0.5, 0.6) is 5.75 Å². The molecule has 1 aromatic rings. The van der Waals surface area contributed by atoms with Gasteiger partial charge in [-0.3, -0.25) is 0 Å². The lowest BCUT2D eigenvalue weighted by Gasteiger charge is -2.32. The van der Waals surface area contributed by atoms with E-state index >= 15 is 0 Å². The number of methoxy groups -OCH3 is 4. The van der Waals surface area contributed by atoms with Crippen molar-refractivity contribution < 1.29 is 42.5 Å². The van der Waals surface area contributed by atoms with Crippen LogP contribution in [0.2, 0.25) is 0 Å². The first-order valence-corrected chi connectivity index (χ1v) is 7.60. The van der Waals surface area contributed by atoms with Gasteiger partial charge >= 0.3 is 17.9 Å². The molecule has 0 fully saturated rings. The number of anilines is 1. The third-order valence-electron chi connectivity index (χ3n) is 3.77. The molecule has 0 aromatic heterocycles. The van der Waals surface area contributed by atoms with Gasteiger partial charge in [-0.15, -0.1) is 0 Å². The molecule has 1 aliphatic heterocycles. The standard InChI is InChI=1S/C17H18FNO8/c1-23-14-11(18)5-9(15(20)24-2)6-12(14)19-8-27-7-10(16(21)25-3)13(19)17(22)26-4/h5-6H,7-8H2,1-4H3. The van der Waals surface area contributed by atoms with Gasteiger partial charge in [-0.2, -0.15) is 0 Å². The molecular weight excluding hydrogens is 365 g/mol. The molecular formula is C17H18FNO8. The highest BCUT2D eigenvalue weighted by atomic mass is 19.1. The fourth-order valence-electron chi connectivity index (χ4n) is 2.55. The van der Waals surface area contributed by atoms with E-state index in [-0.39, 0.29) is 41.6 Å². The van der Waals surface area contributed by atoms with Gasteiger partial charge in [0.2, 0.25) is 0 Å². The van der Waals surface area contributed by atoms with Crippen LogP contribution < -0.4 is 9.64 Å². The summed E-state index contributed by atoms with van der Waals surface area (Å²) in [6.45, 7) is -0.444. The number of rotatable bonds is 5. The molecule has 146 valence electrons. The van der Waals surface area contributed by atoms with Gasteiger partial charge in [-0.05, 0) is 12.1 Å². The van der Waals surface area contributed by atoms with Crippen molar-refractivity contribution in [2.45, 2.75) is 0 Å². The van der Waals surface area contributed by atoms with E-state index in [1.807, 2.05) is 0 Å². The van der Waals surface area contributed by atoms with Crippen LogP contribution in [0.3, 0.4) is 0 Å². The van der Waals surface area contributed by atoms with E-state index in [4.69, 9.17) is 14.2 Å². The summed E-state index contributed by atoms with van der Waals surface area (Å²) in [5.74, 6) is -3.62. The summed E-state index contributed by atoms with van der Waals surface area (Å²) in [5.41, 5.74) is -0.489. The molecule has 10 heteroatoms. The molecule has 0 saturated carbocycles. The van der Waals surface area contributed by atoms with Gasteiger partial charge in [0.15, 0.2) is 11.6 Å². The van der Waals surface area contributed by atoms with E-state index in [9.17, 15) is 18.8 Å². The largest absolute Gasteiger partial charge is 0.492 e. The molecule has 0 saturated heterocycles. The zero-order valence-electron chi connectivity index (χ0n) is 15.2. The maximum Gasteiger partial charge on any atom is 0.355 e. The van der Waals surface area contributed by atoms with Crippen molar-refractivity contribution in [2.24, 2.45) is 0 Å². The molecule has 1 aromatic carbocycles. The second-order valence-corrected chi connectivity index (χ2v) is 5.22. The molecule has 0 amide bonds. The van der Waals surface area contributed by atoms with E-state index in [1.54, 1.807) is 0 Å². The minimum Gasteiger partial charge on any atom is -0.492 e. The maximum absolute atomic E-state index is 14.5. The van der Waals surface area contributed by atoms with Crippen LogP contribution in [0.25, 0.3) is 0 Å². The van der Waals surface area contributed by atoms with Gasteiger partial charge in [0.25, 0.3) is 0 Å². The molecule has 2 rings (SSSR count). The Kier molecular flexibility index (Phi) is 6.35. The third-order valence-corrected chi connectivity index (χ3v) is 3.77. The first-order valence-electron chi connectivity index (χ1n) is 7.60. The number of esters is 3. The lowest BCUT2D eigenvalue weighted by Crippen LogP contribution is -2.39. The minimum atomic E-state index is -0.871. The first kappa shape index (κ1) is 20.2. The fraction of sp³-hybridized carbons (Fsp3) is 0.353. The lowest BCUT2D eigenvalue weighted by molar-refractivity contribution is -0.140. The molecule has 0 bridgehead atoms. The van der Waals surface area contributed by atoms with Gasteiger partial charge in [-0.25, -0.2) is 18.8 Å². The Hall–Kier alpha value is -3.14. The highest BCUT2D eigenvalue weighted by Gasteiger charge is 2.34. The predicted molar refractivity (Wildman–Crippen MR) is 88.6 cm³/mol. The first-order chi connectivity index (χ1) is 12.9. The van der Waals surface area contributed by atoms with E-state index in [1.165, 1.54) is 13.2 Å². The molecule has 0 spiro atoms. The van der Waals surface area contributed by atoms with E-state index in [2.05, 4.69) is 9.47 Å². The summed E-state index contributed by atoms with van der Waals surface area (Å²) in [6, 6.07) is 2.18. The molecule has 27 heavy (non-hydrogen) atoms. The number of carbonyl (C=O) groups excluding carboxylic acids is 3. The third kappa shape index (κ3) is 3.85. The Morgan fingerprint density at radius 1 is 1.00 bits per heavy atom. The van der Waals surface area contributed by atoms with Crippen molar-refractivity contribution >= 4 is 23.6 Å². The van der Waals surface area contributed by atoms with Crippen molar-refractivity contribution in [3.05, 3.63) is 34.8 Å². The number of hydrogen-bond donors (Lipinski definition) is 0. The highest BCUT2D eigenvalue weighted by Crippen LogP contribution is 2.37. The van der Waals surface area contributed by atoms with Crippen molar-refractivity contribution in [2.75, 3.05) is 46.7 Å². The maximum atomic E-state index is 14.5. The van der Waals surface area contributed by atoms with Crippen LogP contribution in [0.4, 0.5) is 10.1 Å². The van der Waals surface area contributed by atoms with Crippen LogP contribution >= 0.6 is 0 Å². The molecule has 1 heterocycles. The number of carbonyl (C=O) groups is 3. The Morgan fingerprint density at radius 3 is 2.19 bits per heavy atom. The Balaban J connectivity index is 2.73. The van der Waals surface area contributed by atoms with Gasteiger partial charge in [0.05, 0.1) is 51.9 Å². The normalized spacial score (nSPS) is 13.9. The van der Waals surface area contributed by atoms with Crippen molar-refractivity contribution in [1.82, 2.24) is 0 Å². The van der Waals surface area contributed by atoms with Crippen LogP contribution in [-0.2, 0) is 28.5 Å². The minimum absolute atomic E-state index is 0.0283. The summed E-state index contributed by atoms with van der Waals surface area (Å²) in [6.07, 6.45) is 0. The molecule has 0 atom stereocenters. The van der Waals surface area contributed by atoms with Gasteiger partial charge < -0.3 is 28.6 Å². The van der Waals surface area contributed by atoms with Crippen LogP contribution in [0.15, 0.2) is 23.4 Å². The van der Waals surface area contributed by atoms with Gasteiger partial charge in [0.1, 0.15) is 12.4 Å². The molecule has 0 N–H and O–H groups in total. The summed E-state index contributed by atoms with van der Waals surface area (Å²) >= 11 is 0. The molecule has 0 unspecified atom stereocenters. The summed E-state index contributed by atoms with van der Waals surface area (Å²) < 4.78 is 38.9. The monoisotopic (exact) mass is 383 g/mol. The number of benzene rings is 1. The zero-order valence-corrected chi connectivity index (χ0v) is 15.2. The van der Waals surface area contributed by atoms with Crippen LogP contribution in [0.1, 0.15) is 10.4 Å². The highest BCUT2D eigenvalue weighted by molar-refractivity contribution is 6.04. The Morgan fingerprint density at radius 2 is 1.63 bits per heavy atom. The zero-order chi connectivity index (χ0) is 20.1. The quantitative estimate of drug-likeness (QED) is 0.545. The van der Waals surface area contributed by atoms with Crippen molar-refractivity contribution in [3.8, 4) is 5.75 Å². The van der Waals surface area contributed by atoms with Crippen LogP contribution in [0, 0.1) is 5.82 Å². The SMILES string of the molecule is COC(=O)C1=C(C(=O)OC)N(c2cc(C(=O)OC)cc(F)c2OC)COC1. The summed E-state index contributed by atoms with van der Waals surface area (Å²) in [4.78, 5) is 37.4. The molecule has 0 aliphatic carbocycles. The smallest absolute Gasteiger partial charge is 0.355 e. The van der Waals surface area contributed by atoms with Gasteiger partial charge in [-0.1, -0.05) is 0 Å². The molecule has 0 radical (unpaired) electrons. The second-order valence-electron chi connectivity index (χ2n) is 5.22. The average Bonchev–Trinajstić information content (AvgIpc) is 2.70. The van der Waals surface area contributed by atoms with Crippen LogP contribution in [-0.4, -0.2) is 59.7 Å². The summed E-state index contributed by atoms with van der Waals surface area (Å²) in [5, 5.41) is 0. The summed E-state index contributed by atoms with van der Waals surface area (Å²) in [7, 11) is 4.62. The number of ether oxygens (including phenoxy) is 5. The topological polar surface area (TPSA) is 101 Å². The Labute approximate surface area is 154 Å². The van der Waals surface area contributed by atoms with E-state index in [0.717, 1.165) is 32.3 Å². The number of nitrogens with zero attached hydrogens (tertiary/aromatic N) is 1. The number of hydrogen-bond acceptors (Lipinski definition) is 9. The Bertz CT molecular complexity index is 804. The predicted octanol–water partition coefficient (Wildman–Crippen LogP) is 1.02. The molecule has 1 aliphatic rings. The van der Waals surface area contributed by atoms with E-state index in [0.29, 0.717) is 0 Å². The van der Waals surface area contributed by atoms with Crippen molar-refractivity contribution in [3.63, 3.8) is 0 Å². The fourth-order valence-corrected chi connectivity index (χ4v) is 2.55. The van der Waals surface area contributed by atoms with Gasteiger partial charge in [0, 0.05) is 0 Å². The number of halogens is 1. The molecule has 9 nitrogen and oxygen atoms in total. The van der Waals surface area contributed by atoms with E-state index < -0.39 is 23.7 Å².